The topological polar surface area (TPSA) is 92.5 Å². The van der Waals surface area contributed by atoms with Crippen molar-refractivity contribution in [3.05, 3.63) is 70.7 Å². The maximum atomic E-state index is 13.1. The van der Waals surface area contributed by atoms with E-state index in [4.69, 9.17) is 17.3 Å². The van der Waals surface area contributed by atoms with Gasteiger partial charge in [-0.05, 0) is 35.7 Å². The molecule has 0 aliphatic carbocycles. The van der Waals surface area contributed by atoms with Crippen LogP contribution in [0.3, 0.4) is 0 Å². The average Bonchev–Trinajstić information content (AvgIpc) is 2.65. The fraction of sp³-hybridized carbons (Fsp3) is 0.286. The number of nitrogens with one attached hydrogen (secondary N) is 1. The number of hydrogen-bond donors (Lipinski definition) is 2. The molecule has 6 nitrogen and oxygen atoms in total. The molecule has 0 heterocycles. The Kier molecular flexibility index (Phi) is 7.58. The van der Waals surface area contributed by atoms with Gasteiger partial charge in [0.05, 0.1) is 6.54 Å². The van der Waals surface area contributed by atoms with Crippen LogP contribution in [0.5, 0.6) is 0 Å². The molecular formula is C21H24ClN3O3. The Hall–Kier alpha value is -2.86. The number of benzene rings is 2. The van der Waals surface area contributed by atoms with E-state index in [-0.39, 0.29) is 30.8 Å². The molecule has 7 heteroatoms. The van der Waals surface area contributed by atoms with Crippen LogP contribution in [0.4, 0.5) is 0 Å². The molecule has 2 aromatic carbocycles. The number of carbonyl (C=O) groups excluding carboxylic acids is 3. The Bertz CT molecular complexity index is 823. The van der Waals surface area contributed by atoms with Crippen molar-refractivity contribution >= 4 is 29.3 Å². The number of rotatable bonds is 8. The maximum absolute atomic E-state index is 13.1. The summed E-state index contributed by atoms with van der Waals surface area (Å²) in [5.41, 5.74) is 6.60. The summed E-state index contributed by atoms with van der Waals surface area (Å²) in [6.45, 7) is 3.65. The van der Waals surface area contributed by atoms with E-state index in [0.717, 1.165) is 5.56 Å². The Labute approximate surface area is 169 Å². The highest BCUT2D eigenvalue weighted by Crippen LogP contribution is 2.13. The smallest absolute Gasteiger partial charge is 0.251 e. The third-order valence-corrected chi connectivity index (χ3v) is 4.45. The SMILES string of the molecule is CC(C)[C@H](NC(=O)c1ccc(Cl)cc1)C(=O)N(CC(N)=O)Cc1ccccc1. The van der Waals surface area contributed by atoms with Crippen molar-refractivity contribution in [2.75, 3.05) is 6.54 Å². The normalized spacial score (nSPS) is 11.7. The molecule has 0 saturated heterocycles. The molecule has 0 bridgehead atoms. The highest BCUT2D eigenvalue weighted by Gasteiger charge is 2.29. The number of nitrogens with two attached hydrogens (primary N) is 1. The van der Waals surface area contributed by atoms with Crippen molar-refractivity contribution in [1.29, 1.82) is 0 Å². The lowest BCUT2D eigenvalue weighted by Crippen LogP contribution is -2.52. The van der Waals surface area contributed by atoms with Crippen molar-refractivity contribution in [1.82, 2.24) is 10.2 Å². The Morgan fingerprint density at radius 3 is 2.18 bits per heavy atom. The molecule has 28 heavy (non-hydrogen) atoms. The zero-order valence-corrected chi connectivity index (χ0v) is 16.6. The summed E-state index contributed by atoms with van der Waals surface area (Å²) in [7, 11) is 0. The minimum absolute atomic E-state index is 0.185. The van der Waals surface area contributed by atoms with Crippen LogP contribution in [0.15, 0.2) is 54.6 Å². The van der Waals surface area contributed by atoms with Gasteiger partial charge in [0.15, 0.2) is 0 Å². The van der Waals surface area contributed by atoms with Gasteiger partial charge in [-0.15, -0.1) is 0 Å². The van der Waals surface area contributed by atoms with E-state index >= 15 is 0 Å². The molecule has 0 saturated carbocycles. The second kappa shape index (κ2) is 9.90. The molecule has 2 rings (SSSR count). The molecule has 0 aliphatic rings. The second-order valence-electron chi connectivity index (χ2n) is 6.85. The number of nitrogens with zero attached hydrogens (tertiary/aromatic N) is 1. The summed E-state index contributed by atoms with van der Waals surface area (Å²) in [6, 6.07) is 14.9. The lowest BCUT2D eigenvalue weighted by Gasteiger charge is -2.29. The first-order chi connectivity index (χ1) is 13.3. The Balaban J connectivity index is 2.20. The highest BCUT2D eigenvalue weighted by atomic mass is 35.5. The summed E-state index contributed by atoms with van der Waals surface area (Å²) in [5.74, 6) is -1.55. The van der Waals surface area contributed by atoms with Gasteiger partial charge in [-0.3, -0.25) is 14.4 Å². The van der Waals surface area contributed by atoms with Crippen molar-refractivity contribution < 1.29 is 14.4 Å². The molecule has 3 N–H and O–H groups in total. The van der Waals surface area contributed by atoms with E-state index < -0.39 is 11.9 Å². The van der Waals surface area contributed by atoms with Gasteiger partial charge in [0.2, 0.25) is 11.8 Å². The Morgan fingerprint density at radius 1 is 1.04 bits per heavy atom. The van der Waals surface area contributed by atoms with E-state index in [9.17, 15) is 14.4 Å². The summed E-state index contributed by atoms with van der Waals surface area (Å²) < 4.78 is 0. The van der Waals surface area contributed by atoms with E-state index in [0.29, 0.717) is 10.6 Å². The largest absolute Gasteiger partial charge is 0.368 e. The fourth-order valence-electron chi connectivity index (χ4n) is 2.74. The van der Waals surface area contributed by atoms with E-state index in [2.05, 4.69) is 5.32 Å². The molecule has 1 atom stereocenters. The predicted molar refractivity (Wildman–Crippen MR) is 109 cm³/mol. The Morgan fingerprint density at radius 2 is 1.64 bits per heavy atom. The standard InChI is InChI=1S/C21H24ClN3O3/c1-14(2)19(24-20(27)16-8-10-17(22)11-9-16)21(28)25(13-18(23)26)12-15-6-4-3-5-7-15/h3-11,14,19H,12-13H2,1-2H3,(H2,23,26)(H,24,27)/t19-/m0/s1. The van der Waals surface area contributed by atoms with Crippen LogP contribution in [0, 0.1) is 5.92 Å². The van der Waals surface area contributed by atoms with Gasteiger partial charge in [0.25, 0.3) is 5.91 Å². The summed E-state index contributed by atoms with van der Waals surface area (Å²) in [5, 5.41) is 3.28. The minimum atomic E-state index is -0.800. The first-order valence-corrected chi connectivity index (χ1v) is 9.33. The molecule has 148 valence electrons. The van der Waals surface area contributed by atoms with Crippen LogP contribution in [-0.4, -0.2) is 35.2 Å². The molecule has 0 aliphatic heterocycles. The lowest BCUT2D eigenvalue weighted by molar-refractivity contribution is -0.138. The van der Waals surface area contributed by atoms with Gasteiger partial charge in [-0.25, -0.2) is 0 Å². The van der Waals surface area contributed by atoms with Gasteiger partial charge in [0, 0.05) is 17.1 Å². The molecule has 0 radical (unpaired) electrons. The molecule has 0 spiro atoms. The summed E-state index contributed by atoms with van der Waals surface area (Å²) in [4.78, 5) is 38.6. The van der Waals surface area contributed by atoms with Gasteiger partial charge >= 0.3 is 0 Å². The number of hydrogen-bond acceptors (Lipinski definition) is 3. The van der Waals surface area contributed by atoms with E-state index in [1.165, 1.54) is 4.90 Å². The first-order valence-electron chi connectivity index (χ1n) is 8.95. The van der Waals surface area contributed by atoms with Gasteiger partial charge in [0.1, 0.15) is 6.04 Å². The van der Waals surface area contributed by atoms with Crippen molar-refractivity contribution in [2.45, 2.75) is 26.4 Å². The number of primary amides is 1. The van der Waals surface area contributed by atoms with Crippen molar-refractivity contribution in [3.8, 4) is 0 Å². The predicted octanol–water partition coefficient (Wildman–Crippen LogP) is 2.61. The molecule has 0 unspecified atom stereocenters. The monoisotopic (exact) mass is 401 g/mol. The van der Waals surface area contributed by atoms with Crippen LogP contribution in [0.2, 0.25) is 5.02 Å². The van der Waals surface area contributed by atoms with Crippen LogP contribution >= 0.6 is 11.6 Å². The van der Waals surface area contributed by atoms with Gasteiger partial charge in [-0.1, -0.05) is 55.8 Å². The third kappa shape index (κ3) is 6.09. The molecule has 3 amide bonds. The fourth-order valence-corrected chi connectivity index (χ4v) is 2.87. The molecular weight excluding hydrogens is 378 g/mol. The second-order valence-corrected chi connectivity index (χ2v) is 7.28. The molecule has 2 aromatic rings. The van der Waals surface area contributed by atoms with Gasteiger partial charge in [-0.2, -0.15) is 0 Å². The van der Waals surface area contributed by atoms with Crippen LogP contribution in [0.1, 0.15) is 29.8 Å². The maximum Gasteiger partial charge on any atom is 0.251 e. The summed E-state index contributed by atoms with van der Waals surface area (Å²) in [6.07, 6.45) is 0. The number of carbonyl (C=O) groups is 3. The summed E-state index contributed by atoms with van der Waals surface area (Å²) >= 11 is 5.85. The van der Waals surface area contributed by atoms with Crippen molar-refractivity contribution in [3.63, 3.8) is 0 Å². The molecule has 0 fully saturated rings. The first kappa shape index (κ1) is 21.4. The highest BCUT2D eigenvalue weighted by molar-refractivity contribution is 6.30. The van der Waals surface area contributed by atoms with Crippen LogP contribution in [0.25, 0.3) is 0 Å². The zero-order valence-electron chi connectivity index (χ0n) is 15.9. The average molecular weight is 402 g/mol. The van der Waals surface area contributed by atoms with E-state index in [1.54, 1.807) is 24.3 Å². The molecule has 0 aromatic heterocycles. The van der Waals surface area contributed by atoms with Crippen molar-refractivity contribution in [2.24, 2.45) is 11.7 Å². The minimum Gasteiger partial charge on any atom is -0.368 e. The lowest BCUT2D eigenvalue weighted by atomic mass is 10.0. The third-order valence-electron chi connectivity index (χ3n) is 4.20. The zero-order chi connectivity index (χ0) is 20.7. The van der Waals surface area contributed by atoms with E-state index in [1.807, 2.05) is 44.2 Å². The van der Waals surface area contributed by atoms with Crippen LogP contribution < -0.4 is 11.1 Å². The number of halogens is 1. The number of amides is 3. The quantitative estimate of drug-likeness (QED) is 0.712. The van der Waals surface area contributed by atoms with Crippen LogP contribution in [-0.2, 0) is 16.1 Å². The van der Waals surface area contributed by atoms with Gasteiger partial charge < -0.3 is 16.0 Å².